The minimum atomic E-state index is -1.01. The molecule has 190 valence electrons. The molecule has 3 aromatic carbocycles. The number of carbonyl (C=O) groups is 2. The van der Waals surface area contributed by atoms with Crippen molar-refractivity contribution >= 4 is 68.1 Å². The molecule has 0 atom stereocenters. The number of hydrogen-bond acceptors (Lipinski definition) is 6. The maximum atomic E-state index is 13.1. The molecule has 0 bridgehead atoms. The average Bonchev–Trinajstić information content (AvgIpc) is 3.17. The molecule has 0 radical (unpaired) electrons. The fourth-order valence-corrected chi connectivity index (χ4v) is 5.37. The molecular weight excluding hydrogens is 580 g/mol. The average molecular weight is 602 g/mol. The number of amidine groups is 1. The summed E-state index contributed by atoms with van der Waals surface area (Å²) >= 11 is 11.1. The van der Waals surface area contributed by atoms with Crippen LogP contribution < -0.4 is 9.47 Å². The first kappa shape index (κ1) is 26.8. The van der Waals surface area contributed by atoms with Crippen LogP contribution in [0.3, 0.4) is 0 Å². The third-order valence-electron chi connectivity index (χ3n) is 5.42. The number of carboxylic acid groups (broad SMARTS) is 1. The van der Waals surface area contributed by atoms with Crippen LogP contribution in [0.1, 0.15) is 28.4 Å². The molecule has 0 spiro atoms. The van der Waals surface area contributed by atoms with Crippen LogP contribution in [0.5, 0.6) is 11.5 Å². The van der Waals surface area contributed by atoms with Gasteiger partial charge in [0, 0.05) is 17.1 Å². The number of methoxy groups -OCH3 is 1. The van der Waals surface area contributed by atoms with Gasteiger partial charge in [-0.3, -0.25) is 9.69 Å². The highest BCUT2D eigenvalue weighted by Gasteiger charge is 2.32. The second-order valence-corrected chi connectivity index (χ2v) is 10.1. The Labute approximate surface area is 231 Å². The van der Waals surface area contributed by atoms with Gasteiger partial charge in [-0.15, -0.1) is 0 Å². The van der Waals surface area contributed by atoms with Gasteiger partial charge in [0.2, 0.25) is 0 Å². The highest BCUT2D eigenvalue weighted by atomic mass is 79.9. The fourth-order valence-electron chi connectivity index (χ4n) is 3.54. The number of amides is 1. The highest BCUT2D eigenvalue weighted by Crippen LogP contribution is 2.40. The first-order valence-corrected chi connectivity index (χ1v) is 13.2. The van der Waals surface area contributed by atoms with E-state index in [2.05, 4.69) is 20.9 Å². The maximum absolute atomic E-state index is 13.1. The first-order chi connectivity index (χ1) is 17.8. The number of rotatable bonds is 8. The van der Waals surface area contributed by atoms with Gasteiger partial charge in [-0.25, -0.2) is 9.79 Å². The summed E-state index contributed by atoms with van der Waals surface area (Å²) in [5, 5.41) is 10.2. The van der Waals surface area contributed by atoms with Gasteiger partial charge in [0.1, 0.15) is 6.61 Å². The zero-order valence-corrected chi connectivity index (χ0v) is 23.1. The normalized spacial score (nSPS) is 15.5. The number of carboxylic acids is 1. The van der Waals surface area contributed by atoms with Crippen LogP contribution >= 0.6 is 39.3 Å². The first-order valence-electron chi connectivity index (χ1n) is 11.2. The number of ether oxygens (including phenoxy) is 2. The summed E-state index contributed by atoms with van der Waals surface area (Å²) in [6, 6.07) is 17.3. The number of halogens is 2. The fraction of sp³-hybridized carbons (Fsp3) is 0.148. The molecule has 1 aliphatic heterocycles. The Bertz CT molecular complexity index is 1410. The van der Waals surface area contributed by atoms with Gasteiger partial charge in [-0.2, -0.15) is 0 Å². The number of carbonyl (C=O) groups excluding carboxylic acids is 1. The highest BCUT2D eigenvalue weighted by molar-refractivity contribution is 9.10. The lowest BCUT2D eigenvalue weighted by Crippen LogP contribution is -2.28. The summed E-state index contributed by atoms with van der Waals surface area (Å²) in [6.07, 6.45) is 1.77. The molecule has 7 nitrogen and oxygen atoms in total. The molecule has 1 heterocycles. The molecular formula is C27H22BrClN2O5S. The number of nitrogens with zero attached hydrogens (tertiary/aromatic N) is 2. The number of hydrogen-bond donors (Lipinski definition) is 1. The van der Waals surface area contributed by atoms with Crippen LogP contribution in [0.25, 0.3) is 6.08 Å². The number of aliphatic imine (C=N–C) groups is 1. The van der Waals surface area contributed by atoms with E-state index >= 15 is 0 Å². The van der Waals surface area contributed by atoms with E-state index in [0.29, 0.717) is 43.3 Å². The van der Waals surface area contributed by atoms with E-state index < -0.39 is 5.97 Å². The van der Waals surface area contributed by atoms with Gasteiger partial charge < -0.3 is 14.6 Å². The second-order valence-electron chi connectivity index (χ2n) is 7.82. The van der Waals surface area contributed by atoms with Gasteiger partial charge in [0.15, 0.2) is 16.7 Å². The van der Waals surface area contributed by atoms with Crippen molar-refractivity contribution in [3.8, 4) is 11.5 Å². The molecule has 0 aliphatic carbocycles. The molecule has 0 aromatic heterocycles. The Hall–Kier alpha value is -3.27. The van der Waals surface area contributed by atoms with E-state index in [9.17, 15) is 9.59 Å². The van der Waals surface area contributed by atoms with Gasteiger partial charge >= 0.3 is 5.97 Å². The quantitative estimate of drug-likeness (QED) is 0.279. The monoisotopic (exact) mass is 600 g/mol. The Balaban J connectivity index is 1.58. The van der Waals surface area contributed by atoms with Gasteiger partial charge in [0.05, 0.1) is 27.7 Å². The van der Waals surface area contributed by atoms with Crippen molar-refractivity contribution in [2.24, 2.45) is 4.99 Å². The molecule has 37 heavy (non-hydrogen) atoms. The minimum absolute atomic E-state index is 0.164. The lowest BCUT2D eigenvalue weighted by molar-refractivity contribution is -0.122. The number of benzene rings is 3. The van der Waals surface area contributed by atoms with Gasteiger partial charge in [0.25, 0.3) is 5.91 Å². The van der Waals surface area contributed by atoms with E-state index in [1.54, 1.807) is 42.4 Å². The zero-order chi connectivity index (χ0) is 26.5. The number of thioether (sulfide) groups is 1. The summed E-state index contributed by atoms with van der Waals surface area (Å²) in [5.41, 5.74) is 2.32. The summed E-state index contributed by atoms with van der Waals surface area (Å²) in [4.78, 5) is 30.8. The maximum Gasteiger partial charge on any atom is 0.335 e. The lowest BCUT2D eigenvalue weighted by atomic mass is 10.1. The minimum Gasteiger partial charge on any atom is -0.493 e. The van der Waals surface area contributed by atoms with Crippen LogP contribution in [0.4, 0.5) is 5.69 Å². The predicted molar refractivity (Wildman–Crippen MR) is 150 cm³/mol. The smallest absolute Gasteiger partial charge is 0.335 e. The molecule has 0 saturated carbocycles. The van der Waals surface area contributed by atoms with Crippen LogP contribution in [-0.4, -0.2) is 40.7 Å². The molecule has 4 rings (SSSR count). The SMILES string of the molecule is CCN1C(=O)C(=Cc2cc(Br)c(OCc3ccccc3Cl)c(OC)c2)SC1=Nc1ccc(C(=O)O)cc1. The molecule has 3 aromatic rings. The molecule has 1 aliphatic rings. The molecule has 1 N–H and O–H groups in total. The Kier molecular flexibility index (Phi) is 8.58. The van der Waals surface area contributed by atoms with E-state index in [1.165, 1.54) is 23.9 Å². The van der Waals surface area contributed by atoms with Crippen molar-refractivity contribution in [3.63, 3.8) is 0 Å². The van der Waals surface area contributed by atoms with E-state index in [-0.39, 0.29) is 18.1 Å². The van der Waals surface area contributed by atoms with Crippen LogP contribution in [0, 0.1) is 0 Å². The van der Waals surface area contributed by atoms with Crippen molar-refractivity contribution in [2.75, 3.05) is 13.7 Å². The Morgan fingerprint density at radius 2 is 1.92 bits per heavy atom. The van der Waals surface area contributed by atoms with Crippen molar-refractivity contribution in [2.45, 2.75) is 13.5 Å². The lowest BCUT2D eigenvalue weighted by Gasteiger charge is -2.14. The molecule has 1 fully saturated rings. The third kappa shape index (κ3) is 6.18. The van der Waals surface area contributed by atoms with Crippen LogP contribution in [0.2, 0.25) is 5.02 Å². The Morgan fingerprint density at radius 3 is 2.57 bits per heavy atom. The van der Waals surface area contributed by atoms with Crippen molar-refractivity contribution in [1.82, 2.24) is 4.90 Å². The van der Waals surface area contributed by atoms with Crippen LogP contribution in [0.15, 0.2) is 75.0 Å². The summed E-state index contributed by atoms with van der Waals surface area (Å²) < 4.78 is 12.2. The summed E-state index contributed by atoms with van der Waals surface area (Å²) in [6.45, 7) is 2.58. The van der Waals surface area contributed by atoms with E-state index in [4.69, 9.17) is 26.2 Å². The van der Waals surface area contributed by atoms with Gasteiger partial charge in [-0.05, 0) is 88.7 Å². The molecule has 0 unspecified atom stereocenters. The van der Waals surface area contributed by atoms with Crippen molar-refractivity contribution in [3.05, 3.63) is 91.8 Å². The van der Waals surface area contributed by atoms with Crippen molar-refractivity contribution in [1.29, 1.82) is 0 Å². The van der Waals surface area contributed by atoms with E-state index in [1.807, 2.05) is 31.2 Å². The third-order valence-corrected chi connectivity index (χ3v) is 7.39. The summed E-state index contributed by atoms with van der Waals surface area (Å²) in [7, 11) is 1.55. The topological polar surface area (TPSA) is 88.4 Å². The van der Waals surface area contributed by atoms with Gasteiger partial charge in [-0.1, -0.05) is 29.8 Å². The van der Waals surface area contributed by atoms with Crippen molar-refractivity contribution < 1.29 is 24.2 Å². The molecule has 1 amide bonds. The largest absolute Gasteiger partial charge is 0.493 e. The second kappa shape index (κ2) is 11.9. The Morgan fingerprint density at radius 1 is 1.19 bits per heavy atom. The number of aromatic carboxylic acids is 1. The number of likely N-dealkylation sites (N-methyl/N-ethyl adjacent to an activating group) is 1. The van der Waals surface area contributed by atoms with Crippen LogP contribution in [-0.2, 0) is 11.4 Å². The predicted octanol–water partition coefficient (Wildman–Crippen LogP) is 7.01. The standard InChI is InChI=1S/C27H22BrClN2O5S/c1-3-31-25(32)23(37-27(31)30-19-10-8-17(9-11-19)26(33)34)14-16-12-20(28)24(22(13-16)35-2)36-15-18-6-4-5-7-21(18)29/h4-14H,3,15H2,1-2H3,(H,33,34). The van der Waals surface area contributed by atoms with E-state index in [0.717, 1.165) is 11.1 Å². The molecule has 1 saturated heterocycles. The zero-order valence-electron chi connectivity index (χ0n) is 19.9. The summed E-state index contributed by atoms with van der Waals surface area (Å²) in [5.74, 6) is -0.143. The molecule has 10 heteroatoms.